The third-order valence-corrected chi connectivity index (χ3v) is 1.09. The molecule has 0 bridgehead atoms. The maximum atomic E-state index is 10.3. The Hall–Kier alpha value is -1.01. The molecule has 0 amide bonds. The Morgan fingerprint density at radius 1 is 1.89 bits per heavy atom. The van der Waals surface area contributed by atoms with Crippen molar-refractivity contribution in [2.24, 2.45) is 0 Å². The van der Waals surface area contributed by atoms with Gasteiger partial charge in [-0.1, -0.05) is 6.08 Å². The van der Waals surface area contributed by atoms with Crippen molar-refractivity contribution in [1.82, 2.24) is 0 Å². The van der Waals surface area contributed by atoms with E-state index in [1.165, 1.54) is 6.08 Å². The molecular weight excluding hydrogens is 132 g/mol. The fourth-order valence-electron chi connectivity index (χ4n) is 0.291. The molecule has 0 aliphatic carbocycles. The van der Waals surface area contributed by atoms with Crippen LogP contribution in [-0.4, -0.2) is 16.5 Å². The Kier molecular flexibility index (Phi) is 4.55. The standard InChI is InChI=1S/C6H8O2Si/c1-2-3-4-5-6(7)8-9/h1,4-5H,3H2,9H3. The van der Waals surface area contributed by atoms with E-state index in [0.29, 0.717) is 16.9 Å². The molecule has 3 heteroatoms. The SMILES string of the molecule is C#CCC=CC(=O)O[SiH3]. The summed E-state index contributed by atoms with van der Waals surface area (Å²) in [5.74, 6) is 2.06. The predicted octanol–water partition coefficient (Wildman–Crippen LogP) is -0.611. The average molecular weight is 140 g/mol. The molecule has 0 unspecified atom stereocenters. The Morgan fingerprint density at radius 3 is 3.00 bits per heavy atom. The molecule has 0 N–H and O–H groups in total. The highest BCUT2D eigenvalue weighted by molar-refractivity contribution is 6.07. The van der Waals surface area contributed by atoms with Gasteiger partial charge in [-0.05, 0) is 0 Å². The van der Waals surface area contributed by atoms with Crippen LogP contribution in [0.15, 0.2) is 12.2 Å². The predicted molar refractivity (Wildman–Crippen MR) is 38.6 cm³/mol. The van der Waals surface area contributed by atoms with Gasteiger partial charge in [0.15, 0.2) is 0 Å². The van der Waals surface area contributed by atoms with Crippen molar-refractivity contribution in [3.63, 3.8) is 0 Å². The van der Waals surface area contributed by atoms with Crippen LogP contribution >= 0.6 is 0 Å². The van der Waals surface area contributed by atoms with Crippen LogP contribution in [0.3, 0.4) is 0 Å². The molecule has 0 radical (unpaired) electrons. The van der Waals surface area contributed by atoms with E-state index in [2.05, 4.69) is 10.3 Å². The summed E-state index contributed by atoms with van der Waals surface area (Å²) in [5, 5.41) is 0. The van der Waals surface area contributed by atoms with Crippen LogP contribution in [0.25, 0.3) is 0 Å². The molecule has 0 aliphatic rings. The van der Waals surface area contributed by atoms with E-state index >= 15 is 0 Å². The Balaban J connectivity index is 3.47. The van der Waals surface area contributed by atoms with Crippen LogP contribution in [0.4, 0.5) is 0 Å². The van der Waals surface area contributed by atoms with Gasteiger partial charge in [-0.3, -0.25) is 0 Å². The topological polar surface area (TPSA) is 26.3 Å². The monoisotopic (exact) mass is 140 g/mol. The molecule has 48 valence electrons. The fourth-order valence-corrected chi connectivity index (χ4v) is 0.427. The van der Waals surface area contributed by atoms with Crippen LogP contribution in [0.2, 0.25) is 0 Å². The van der Waals surface area contributed by atoms with E-state index in [1.807, 2.05) is 0 Å². The van der Waals surface area contributed by atoms with E-state index in [0.717, 1.165) is 0 Å². The molecule has 0 saturated heterocycles. The van der Waals surface area contributed by atoms with Crippen molar-refractivity contribution in [3.8, 4) is 12.3 Å². The quantitative estimate of drug-likeness (QED) is 0.290. The molecule has 0 saturated carbocycles. The summed E-state index contributed by atoms with van der Waals surface area (Å²) in [6.45, 7) is 0. The van der Waals surface area contributed by atoms with Crippen molar-refractivity contribution in [2.45, 2.75) is 6.42 Å². The Morgan fingerprint density at radius 2 is 2.56 bits per heavy atom. The molecule has 0 rings (SSSR count). The van der Waals surface area contributed by atoms with Crippen LogP contribution in [-0.2, 0) is 9.22 Å². The normalized spacial score (nSPS) is 9.22. The molecule has 0 aromatic rings. The highest BCUT2D eigenvalue weighted by Crippen LogP contribution is 1.80. The molecule has 0 spiro atoms. The van der Waals surface area contributed by atoms with Crippen molar-refractivity contribution in [3.05, 3.63) is 12.2 Å². The number of allylic oxidation sites excluding steroid dienone is 1. The van der Waals surface area contributed by atoms with Gasteiger partial charge in [0.05, 0.1) is 0 Å². The lowest BCUT2D eigenvalue weighted by Crippen LogP contribution is -1.94. The van der Waals surface area contributed by atoms with Gasteiger partial charge in [-0.2, -0.15) is 0 Å². The van der Waals surface area contributed by atoms with Crippen molar-refractivity contribution >= 4 is 16.5 Å². The molecule has 0 aromatic carbocycles. The number of carbonyl (C=O) groups is 1. The molecule has 0 heterocycles. The smallest absolute Gasteiger partial charge is 0.316 e. The van der Waals surface area contributed by atoms with Gasteiger partial charge >= 0.3 is 5.97 Å². The zero-order valence-electron chi connectivity index (χ0n) is 5.26. The summed E-state index contributed by atoms with van der Waals surface area (Å²) in [5.41, 5.74) is 0. The summed E-state index contributed by atoms with van der Waals surface area (Å²) >= 11 is 0. The Bertz CT molecular complexity index is 155. The lowest BCUT2D eigenvalue weighted by molar-refractivity contribution is -0.128. The third-order valence-electron chi connectivity index (χ3n) is 0.691. The first-order chi connectivity index (χ1) is 4.31. The van der Waals surface area contributed by atoms with E-state index < -0.39 is 0 Å². The summed E-state index contributed by atoms with van der Waals surface area (Å²) in [6, 6.07) is 0. The maximum Gasteiger partial charge on any atom is 0.316 e. The highest BCUT2D eigenvalue weighted by atomic mass is 28.2. The highest BCUT2D eigenvalue weighted by Gasteiger charge is 1.85. The summed E-state index contributed by atoms with van der Waals surface area (Å²) in [7, 11) is 0.439. The second-order valence-corrected chi connectivity index (χ2v) is 1.74. The summed E-state index contributed by atoms with van der Waals surface area (Å²) in [6.07, 6.45) is 8.33. The summed E-state index contributed by atoms with van der Waals surface area (Å²) in [4.78, 5) is 10.3. The minimum Gasteiger partial charge on any atom is -0.526 e. The number of carbonyl (C=O) groups excluding carboxylic acids is 1. The van der Waals surface area contributed by atoms with Gasteiger partial charge in [0, 0.05) is 12.5 Å². The molecule has 0 fully saturated rings. The minimum absolute atomic E-state index is 0.308. The van der Waals surface area contributed by atoms with Gasteiger partial charge in [-0.15, -0.1) is 12.3 Å². The van der Waals surface area contributed by atoms with E-state index in [4.69, 9.17) is 6.42 Å². The van der Waals surface area contributed by atoms with Crippen LogP contribution in [0, 0.1) is 12.3 Å². The summed E-state index contributed by atoms with van der Waals surface area (Å²) < 4.78 is 4.44. The second-order valence-electron chi connectivity index (χ2n) is 1.33. The van der Waals surface area contributed by atoms with Gasteiger partial charge in [0.1, 0.15) is 0 Å². The van der Waals surface area contributed by atoms with Crippen LogP contribution < -0.4 is 0 Å². The fraction of sp³-hybridized carbons (Fsp3) is 0.167. The lowest BCUT2D eigenvalue weighted by Gasteiger charge is -1.87. The van der Waals surface area contributed by atoms with E-state index in [-0.39, 0.29) is 5.97 Å². The van der Waals surface area contributed by atoms with Gasteiger partial charge in [0.25, 0.3) is 0 Å². The van der Waals surface area contributed by atoms with E-state index in [1.54, 1.807) is 6.08 Å². The number of terminal acetylenes is 1. The second kappa shape index (κ2) is 5.13. The maximum absolute atomic E-state index is 10.3. The molecule has 0 aromatic heterocycles. The first-order valence-electron chi connectivity index (χ1n) is 2.49. The van der Waals surface area contributed by atoms with Crippen LogP contribution in [0.1, 0.15) is 6.42 Å². The van der Waals surface area contributed by atoms with Crippen LogP contribution in [0.5, 0.6) is 0 Å². The minimum atomic E-state index is -0.308. The molecular formula is C6H8O2Si. The first kappa shape index (κ1) is 7.99. The lowest BCUT2D eigenvalue weighted by atomic mass is 10.4. The van der Waals surface area contributed by atoms with Crippen molar-refractivity contribution in [2.75, 3.05) is 0 Å². The molecule has 0 atom stereocenters. The van der Waals surface area contributed by atoms with Crippen molar-refractivity contribution < 1.29 is 9.22 Å². The third kappa shape index (κ3) is 4.85. The molecule has 0 aliphatic heterocycles. The zero-order valence-corrected chi connectivity index (χ0v) is 7.26. The number of hydrogen-bond donors (Lipinski definition) is 0. The zero-order chi connectivity index (χ0) is 7.11. The average Bonchev–Trinajstić information content (AvgIpc) is 1.89. The van der Waals surface area contributed by atoms with E-state index in [9.17, 15) is 4.79 Å². The Labute approximate surface area is 57.4 Å². The van der Waals surface area contributed by atoms with Gasteiger partial charge in [0.2, 0.25) is 10.5 Å². The van der Waals surface area contributed by atoms with Gasteiger partial charge in [-0.25, -0.2) is 4.79 Å². The molecule has 2 nitrogen and oxygen atoms in total. The van der Waals surface area contributed by atoms with Gasteiger partial charge < -0.3 is 4.43 Å². The number of hydrogen-bond acceptors (Lipinski definition) is 2. The number of rotatable bonds is 2. The first-order valence-corrected chi connectivity index (χ1v) is 3.31. The molecule has 9 heavy (non-hydrogen) atoms. The van der Waals surface area contributed by atoms with Crippen molar-refractivity contribution in [1.29, 1.82) is 0 Å². The largest absolute Gasteiger partial charge is 0.526 e.